The first-order chi connectivity index (χ1) is 13.2. The highest BCUT2D eigenvalue weighted by Crippen LogP contribution is 2.36. The number of rotatable bonds is 4. The molecule has 2 aromatic carbocycles. The van der Waals surface area contributed by atoms with Gasteiger partial charge in [-0.05, 0) is 25.1 Å². The summed E-state index contributed by atoms with van der Waals surface area (Å²) in [7, 11) is 3.59. The number of benzene rings is 2. The van der Waals surface area contributed by atoms with E-state index in [2.05, 4.69) is 5.10 Å². The van der Waals surface area contributed by atoms with Gasteiger partial charge in [0.25, 0.3) is 11.6 Å². The molecule has 28 heavy (non-hydrogen) atoms. The number of nitrogens with zero attached hydrogens (tertiary/aromatic N) is 4. The van der Waals surface area contributed by atoms with E-state index >= 15 is 0 Å². The standard InChI is InChI=1S/C19H16Cl2N4O3/c1-11(23(2)3)17-18(13-9-16(25(27)28)15(21)10-14(13)20)22-24(19(17)26)12-7-5-4-6-8-12/h4-10H,1-3H3. The topological polar surface area (TPSA) is 79.0 Å². The van der Waals surface area contributed by atoms with Crippen molar-refractivity contribution in [2.24, 2.45) is 5.10 Å². The Balaban J connectivity index is 2.26. The Morgan fingerprint density at radius 2 is 1.79 bits per heavy atom. The van der Waals surface area contributed by atoms with E-state index in [1.54, 1.807) is 50.2 Å². The second-order valence-electron chi connectivity index (χ2n) is 6.30. The molecule has 0 unspecified atom stereocenters. The van der Waals surface area contributed by atoms with E-state index in [9.17, 15) is 14.9 Å². The molecule has 0 spiro atoms. The normalized spacial score (nSPS) is 15.5. The summed E-state index contributed by atoms with van der Waals surface area (Å²) in [6.45, 7) is 1.77. The number of anilines is 1. The minimum absolute atomic E-state index is 0.0848. The van der Waals surface area contributed by atoms with Crippen LogP contribution in [-0.4, -0.2) is 35.5 Å². The number of hydrogen-bond donors (Lipinski definition) is 0. The molecule has 0 aliphatic carbocycles. The summed E-state index contributed by atoms with van der Waals surface area (Å²) in [6.07, 6.45) is 0. The number of nitro groups is 1. The molecule has 0 bridgehead atoms. The number of amides is 1. The van der Waals surface area contributed by atoms with E-state index in [1.165, 1.54) is 17.1 Å². The molecule has 0 N–H and O–H groups in total. The smallest absolute Gasteiger partial charge is 0.288 e. The summed E-state index contributed by atoms with van der Waals surface area (Å²) in [5.74, 6) is -0.346. The SMILES string of the molecule is CC(=C1C(=O)N(c2ccccc2)N=C1c1cc([N+](=O)[O-])c(Cl)cc1Cl)N(C)C. The molecule has 0 atom stereocenters. The first-order valence-electron chi connectivity index (χ1n) is 8.23. The quantitative estimate of drug-likeness (QED) is 0.416. The highest BCUT2D eigenvalue weighted by atomic mass is 35.5. The maximum absolute atomic E-state index is 13.2. The molecule has 0 radical (unpaired) electrons. The van der Waals surface area contributed by atoms with Crippen molar-refractivity contribution >= 4 is 46.2 Å². The third kappa shape index (κ3) is 3.46. The number of hydrogen-bond acceptors (Lipinski definition) is 5. The third-order valence-electron chi connectivity index (χ3n) is 4.36. The fraction of sp³-hybridized carbons (Fsp3) is 0.158. The molecule has 1 amide bonds. The summed E-state index contributed by atoms with van der Waals surface area (Å²) < 4.78 is 0. The number of allylic oxidation sites excluding steroid dienone is 1. The Labute approximate surface area is 171 Å². The number of halogens is 2. The van der Waals surface area contributed by atoms with Crippen LogP contribution in [0.3, 0.4) is 0 Å². The van der Waals surface area contributed by atoms with Crippen molar-refractivity contribution in [1.82, 2.24) is 4.90 Å². The van der Waals surface area contributed by atoms with Gasteiger partial charge in [0.1, 0.15) is 10.7 Å². The number of carbonyl (C=O) groups is 1. The molecule has 7 nitrogen and oxygen atoms in total. The van der Waals surface area contributed by atoms with Crippen LogP contribution in [0.15, 0.2) is 58.8 Å². The van der Waals surface area contributed by atoms with Gasteiger partial charge in [-0.2, -0.15) is 10.1 Å². The van der Waals surface area contributed by atoms with Gasteiger partial charge in [-0.25, -0.2) is 0 Å². The van der Waals surface area contributed by atoms with Gasteiger partial charge < -0.3 is 4.90 Å². The lowest BCUT2D eigenvalue weighted by atomic mass is 10.00. The molecular formula is C19H16Cl2N4O3. The molecule has 3 rings (SSSR count). The van der Waals surface area contributed by atoms with Crippen LogP contribution in [0.1, 0.15) is 12.5 Å². The fourth-order valence-electron chi connectivity index (χ4n) is 2.74. The Kier molecular flexibility index (Phi) is 5.40. The van der Waals surface area contributed by atoms with E-state index in [0.717, 1.165) is 0 Å². The lowest BCUT2D eigenvalue weighted by Gasteiger charge is -2.17. The first-order valence-corrected chi connectivity index (χ1v) is 8.98. The van der Waals surface area contributed by atoms with Crippen molar-refractivity contribution in [1.29, 1.82) is 0 Å². The number of hydrazone groups is 1. The molecule has 2 aromatic rings. The van der Waals surface area contributed by atoms with E-state index in [4.69, 9.17) is 23.2 Å². The second-order valence-corrected chi connectivity index (χ2v) is 7.11. The van der Waals surface area contributed by atoms with Gasteiger partial charge in [0.05, 0.1) is 21.2 Å². The van der Waals surface area contributed by atoms with Crippen molar-refractivity contribution in [3.8, 4) is 0 Å². The summed E-state index contributed by atoms with van der Waals surface area (Å²) in [5.41, 5.74) is 1.75. The molecule has 1 heterocycles. The summed E-state index contributed by atoms with van der Waals surface area (Å²) in [4.78, 5) is 25.6. The van der Waals surface area contributed by atoms with E-state index in [-0.39, 0.29) is 32.9 Å². The molecule has 9 heteroatoms. The number of carbonyl (C=O) groups excluding carboxylic acids is 1. The number of nitro benzene ring substituents is 1. The molecule has 0 fully saturated rings. The van der Waals surface area contributed by atoms with Crippen LogP contribution in [0.4, 0.5) is 11.4 Å². The predicted octanol–water partition coefficient (Wildman–Crippen LogP) is 4.49. The average molecular weight is 419 g/mol. The highest BCUT2D eigenvalue weighted by molar-refractivity contribution is 6.43. The molecule has 1 aliphatic rings. The van der Waals surface area contributed by atoms with Crippen molar-refractivity contribution in [2.45, 2.75) is 6.92 Å². The monoisotopic (exact) mass is 418 g/mol. The lowest BCUT2D eigenvalue weighted by Crippen LogP contribution is -2.25. The maximum Gasteiger partial charge on any atom is 0.288 e. The van der Waals surface area contributed by atoms with Crippen molar-refractivity contribution in [3.63, 3.8) is 0 Å². The summed E-state index contributed by atoms with van der Waals surface area (Å²) >= 11 is 12.3. The Bertz CT molecular complexity index is 1030. The van der Waals surface area contributed by atoms with Gasteiger partial charge in [0.15, 0.2) is 0 Å². The second kappa shape index (κ2) is 7.61. The van der Waals surface area contributed by atoms with Crippen LogP contribution in [0.2, 0.25) is 10.0 Å². The van der Waals surface area contributed by atoms with Crippen molar-refractivity contribution in [2.75, 3.05) is 19.1 Å². The predicted molar refractivity (Wildman–Crippen MR) is 110 cm³/mol. The van der Waals surface area contributed by atoms with E-state index in [1.807, 2.05) is 6.07 Å². The van der Waals surface area contributed by atoms with Crippen molar-refractivity contribution < 1.29 is 9.72 Å². The zero-order valence-corrected chi connectivity index (χ0v) is 16.8. The van der Waals surface area contributed by atoms with Crippen LogP contribution < -0.4 is 5.01 Å². The molecular weight excluding hydrogens is 403 g/mol. The third-order valence-corrected chi connectivity index (χ3v) is 4.98. The zero-order valence-electron chi connectivity index (χ0n) is 15.3. The van der Waals surface area contributed by atoms with Gasteiger partial charge in [-0.3, -0.25) is 14.9 Å². The first kappa shape index (κ1) is 19.9. The minimum atomic E-state index is -0.601. The molecule has 144 valence electrons. The van der Waals surface area contributed by atoms with Crippen LogP contribution in [0.25, 0.3) is 0 Å². The lowest BCUT2D eigenvalue weighted by molar-refractivity contribution is -0.384. The van der Waals surface area contributed by atoms with Gasteiger partial charge in [-0.1, -0.05) is 41.4 Å². The van der Waals surface area contributed by atoms with E-state index in [0.29, 0.717) is 17.0 Å². The number of para-hydroxylation sites is 1. The van der Waals surface area contributed by atoms with Gasteiger partial charge in [0.2, 0.25) is 0 Å². The Hall–Kier alpha value is -2.90. The molecule has 1 aliphatic heterocycles. The summed E-state index contributed by atoms with van der Waals surface area (Å²) in [6, 6.07) is 11.4. The van der Waals surface area contributed by atoms with Gasteiger partial charge in [0, 0.05) is 31.4 Å². The molecule has 0 saturated heterocycles. The fourth-order valence-corrected chi connectivity index (χ4v) is 3.29. The highest BCUT2D eigenvalue weighted by Gasteiger charge is 2.36. The Morgan fingerprint density at radius 3 is 2.36 bits per heavy atom. The average Bonchev–Trinajstić information content (AvgIpc) is 2.98. The van der Waals surface area contributed by atoms with Crippen LogP contribution >= 0.6 is 23.2 Å². The largest absolute Gasteiger partial charge is 0.380 e. The van der Waals surface area contributed by atoms with Crippen molar-refractivity contribution in [3.05, 3.63) is 79.5 Å². The van der Waals surface area contributed by atoms with Crippen LogP contribution in [0, 0.1) is 10.1 Å². The van der Waals surface area contributed by atoms with Gasteiger partial charge in [-0.15, -0.1) is 0 Å². The Morgan fingerprint density at radius 1 is 1.14 bits per heavy atom. The van der Waals surface area contributed by atoms with Crippen LogP contribution in [-0.2, 0) is 4.79 Å². The zero-order chi connectivity index (χ0) is 20.6. The molecule has 0 saturated carbocycles. The molecule has 0 aromatic heterocycles. The van der Waals surface area contributed by atoms with Crippen LogP contribution in [0.5, 0.6) is 0 Å². The summed E-state index contributed by atoms with van der Waals surface area (Å²) in [5, 5.41) is 17.1. The maximum atomic E-state index is 13.2. The van der Waals surface area contributed by atoms with E-state index < -0.39 is 4.92 Å². The minimum Gasteiger partial charge on any atom is -0.380 e. The van der Waals surface area contributed by atoms with Gasteiger partial charge >= 0.3 is 0 Å².